The van der Waals surface area contributed by atoms with E-state index in [4.69, 9.17) is 4.74 Å². The first kappa shape index (κ1) is 17.1. The molecule has 7 nitrogen and oxygen atoms in total. The number of hydrogen-bond acceptors (Lipinski definition) is 5. The fraction of sp³-hybridized carbons (Fsp3) is 0.200. The molecule has 0 aromatic heterocycles. The summed E-state index contributed by atoms with van der Waals surface area (Å²) >= 11 is 0. The van der Waals surface area contributed by atoms with E-state index in [0.717, 1.165) is 11.3 Å². The van der Waals surface area contributed by atoms with Crippen LogP contribution in [0.3, 0.4) is 0 Å². The Morgan fingerprint density at radius 2 is 1.96 bits per heavy atom. The molecule has 0 spiro atoms. The number of carboxylic acid groups (broad SMARTS) is 1. The van der Waals surface area contributed by atoms with Gasteiger partial charge in [0.15, 0.2) is 0 Å². The number of hydrogen-bond donors (Lipinski definition) is 3. The first-order valence-electron chi connectivity index (χ1n) is 8.71. The predicted octanol–water partition coefficient (Wildman–Crippen LogP) is 2.63. The lowest BCUT2D eigenvalue weighted by Gasteiger charge is -2.30. The van der Waals surface area contributed by atoms with Crippen LogP contribution in [0, 0.1) is 0 Å². The molecule has 2 aromatic carbocycles. The molecule has 0 bridgehead atoms. The first-order chi connectivity index (χ1) is 13.1. The molecule has 4 rings (SSSR count). The van der Waals surface area contributed by atoms with Gasteiger partial charge in [-0.1, -0.05) is 18.2 Å². The smallest absolute Gasteiger partial charge is 0.337 e. The molecule has 2 aromatic rings. The van der Waals surface area contributed by atoms with Crippen molar-refractivity contribution in [2.45, 2.75) is 0 Å². The Morgan fingerprint density at radius 1 is 1.19 bits per heavy atom. The number of ether oxygens (including phenoxy) is 1. The molecule has 2 heterocycles. The molecule has 7 heteroatoms. The fourth-order valence-corrected chi connectivity index (χ4v) is 3.31. The molecule has 3 N–H and O–H groups in total. The Balaban J connectivity index is 1.60. The normalized spacial score (nSPS) is 17.6. The molecule has 0 atom stereocenters. The van der Waals surface area contributed by atoms with Crippen molar-refractivity contribution in [3.63, 3.8) is 0 Å². The van der Waals surface area contributed by atoms with Gasteiger partial charge >= 0.3 is 5.97 Å². The zero-order valence-corrected chi connectivity index (χ0v) is 14.6. The number of amides is 1. The average molecular weight is 365 g/mol. The Hall–Kier alpha value is -3.32. The summed E-state index contributed by atoms with van der Waals surface area (Å²) in [4.78, 5) is 25.9. The van der Waals surface area contributed by atoms with Gasteiger partial charge in [0.05, 0.1) is 30.0 Å². The molecule has 1 amide bonds. The minimum absolute atomic E-state index is 0.188. The first-order valence-corrected chi connectivity index (χ1v) is 8.71. The maximum atomic E-state index is 12.2. The van der Waals surface area contributed by atoms with Crippen LogP contribution in [-0.4, -0.2) is 43.3 Å². The van der Waals surface area contributed by atoms with Gasteiger partial charge < -0.3 is 25.4 Å². The molecule has 0 aliphatic carbocycles. The molecule has 2 aliphatic heterocycles. The molecule has 1 saturated heterocycles. The summed E-state index contributed by atoms with van der Waals surface area (Å²) in [5.74, 6) is -1.18. The second-order valence-electron chi connectivity index (χ2n) is 6.34. The predicted molar refractivity (Wildman–Crippen MR) is 103 cm³/mol. The Morgan fingerprint density at radius 3 is 2.74 bits per heavy atom. The third-order valence-corrected chi connectivity index (χ3v) is 4.67. The number of benzene rings is 2. The van der Waals surface area contributed by atoms with E-state index in [2.05, 4.69) is 10.6 Å². The van der Waals surface area contributed by atoms with Crippen LogP contribution in [0.15, 0.2) is 48.7 Å². The van der Waals surface area contributed by atoms with Crippen LogP contribution in [0.5, 0.6) is 0 Å². The van der Waals surface area contributed by atoms with Crippen molar-refractivity contribution in [3.05, 3.63) is 59.8 Å². The maximum absolute atomic E-state index is 12.2. The summed E-state index contributed by atoms with van der Waals surface area (Å²) in [5, 5.41) is 15.5. The quantitative estimate of drug-likeness (QED) is 0.722. The largest absolute Gasteiger partial charge is 0.478 e. The fourth-order valence-electron chi connectivity index (χ4n) is 3.31. The number of fused-ring (bicyclic) bond motifs is 1. The molecular formula is C20H19N3O4. The zero-order chi connectivity index (χ0) is 18.8. The van der Waals surface area contributed by atoms with Gasteiger partial charge in [-0.2, -0.15) is 0 Å². The molecule has 0 saturated carbocycles. The highest BCUT2D eigenvalue weighted by molar-refractivity contribution is 6.31. The number of nitrogens with one attached hydrogen (secondary N) is 2. The molecule has 2 aliphatic rings. The minimum Gasteiger partial charge on any atom is -0.478 e. The van der Waals surface area contributed by atoms with Crippen LogP contribution >= 0.6 is 0 Å². The van der Waals surface area contributed by atoms with E-state index in [9.17, 15) is 14.7 Å². The summed E-state index contributed by atoms with van der Waals surface area (Å²) < 4.78 is 5.33. The standard InChI is InChI=1S/C20H19N3O4/c24-19-16(14-3-1-2-4-17(14)22-19)12-21-13-5-6-18(15(11-13)20(25)26)23-7-9-27-10-8-23/h1-6,11-12,21H,7-10H2,(H,22,24)(H,25,26). The summed E-state index contributed by atoms with van der Waals surface area (Å²) in [5.41, 5.74) is 3.60. The molecule has 27 heavy (non-hydrogen) atoms. The van der Waals surface area contributed by atoms with Gasteiger partial charge in [-0.25, -0.2) is 4.79 Å². The average Bonchev–Trinajstić information content (AvgIpc) is 3.02. The van der Waals surface area contributed by atoms with Crippen molar-refractivity contribution in [3.8, 4) is 0 Å². The summed E-state index contributed by atoms with van der Waals surface area (Å²) in [6, 6.07) is 12.6. The number of carbonyl (C=O) groups excluding carboxylic acids is 1. The molecule has 138 valence electrons. The second kappa shape index (κ2) is 7.13. The minimum atomic E-state index is -0.989. The van der Waals surface area contributed by atoms with E-state index in [1.54, 1.807) is 18.3 Å². The molecule has 0 unspecified atom stereocenters. The van der Waals surface area contributed by atoms with Gasteiger partial charge in [-0.05, 0) is 24.3 Å². The number of rotatable bonds is 4. The van der Waals surface area contributed by atoms with Crippen molar-refractivity contribution in [2.75, 3.05) is 41.8 Å². The van der Waals surface area contributed by atoms with Crippen molar-refractivity contribution >= 4 is 34.5 Å². The number of nitrogens with zero attached hydrogens (tertiary/aromatic N) is 1. The number of anilines is 3. The van der Waals surface area contributed by atoms with E-state index >= 15 is 0 Å². The maximum Gasteiger partial charge on any atom is 0.337 e. The van der Waals surface area contributed by atoms with Crippen molar-refractivity contribution < 1.29 is 19.4 Å². The van der Waals surface area contributed by atoms with Crippen LogP contribution in [0.25, 0.3) is 5.57 Å². The second-order valence-corrected chi connectivity index (χ2v) is 6.34. The molecule has 1 fully saturated rings. The van der Waals surface area contributed by atoms with E-state index in [1.165, 1.54) is 0 Å². The number of para-hydroxylation sites is 1. The van der Waals surface area contributed by atoms with Crippen LogP contribution < -0.4 is 15.5 Å². The van der Waals surface area contributed by atoms with Crippen LogP contribution in [0.1, 0.15) is 15.9 Å². The van der Waals surface area contributed by atoms with E-state index in [-0.39, 0.29) is 11.5 Å². The van der Waals surface area contributed by atoms with E-state index in [0.29, 0.717) is 43.3 Å². The number of carbonyl (C=O) groups is 2. The Labute approximate surface area is 156 Å². The van der Waals surface area contributed by atoms with Crippen LogP contribution in [0.4, 0.5) is 17.1 Å². The molecule has 0 radical (unpaired) electrons. The van der Waals surface area contributed by atoms with E-state index < -0.39 is 5.97 Å². The monoisotopic (exact) mass is 365 g/mol. The van der Waals surface area contributed by atoms with Crippen molar-refractivity contribution in [2.24, 2.45) is 0 Å². The van der Waals surface area contributed by atoms with Gasteiger partial charge in [-0.3, -0.25) is 4.79 Å². The van der Waals surface area contributed by atoms with Gasteiger partial charge in [0, 0.05) is 36.2 Å². The summed E-state index contributed by atoms with van der Waals surface area (Å²) in [6.07, 6.45) is 1.61. The highest BCUT2D eigenvalue weighted by Gasteiger charge is 2.23. The van der Waals surface area contributed by atoms with Crippen LogP contribution in [-0.2, 0) is 9.53 Å². The van der Waals surface area contributed by atoms with Crippen molar-refractivity contribution in [1.29, 1.82) is 0 Å². The number of carboxylic acids is 1. The highest BCUT2D eigenvalue weighted by Crippen LogP contribution is 2.31. The van der Waals surface area contributed by atoms with Crippen LogP contribution in [0.2, 0.25) is 0 Å². The van der Waals surface area contributed by atoms with Gasteiger partial charge in [-0.15, -0.1) is 0 Å². The third-order valence-electron chi connectivity index (χ3n) is 4.67. The summed E-state index contributed by atoms with van der Waals surface area (Å²) in [6.45, 7) is 2.49. The third kappa shape index (κ3) is 3.37. The highest BCUT2D eigenvalue weighted by atomic mass is 16.5. The topological polar surface area (TPSA) is 90.9 Å². The lowest BCUT2D eigenvalue weighted by atomic mass is 10.1. The van der Waals surface area contributed by atoms with E-state index in [1.807, 2.05) is 35.2 Å². The lowest BCUT2D eigenvalue weighted by Crippen LogP contribution is -2.37. The number of morpholine rings is 1. The zero-order valence-electron chi connectivity index (χ0n) is 14.6. The lowest BCUT2D eigenvalue weighted by molar-refractivity contribution is -0.110. The Kier molecular flexibility index (Phi) is 4.52. The Bertz CT molecular complexity index is 933. The van der Waals surface area contributed by atoms with Gasteiger partial charge in [0.1, 0.15) is 0 Å². The molecular weight excluding hydrogens is 346 g/mol. The number of aromatic carboxylic acids is 1. The summed E-state index contributed by atoms with van der Waals surface area (Å²) in [7, 11) is 0. The van der Waals surface area contributed by atoms with Gasteiger partial charge in [0.25, 0.3) is 5.91 Å². The van der Waals surface area contributed by atoms with Gasteiger partial charge in [0.2, 0.25) is 0 Å². The van der Waals surface area contributed by atoms with Crippen molar-refractivity contribution in [1.82, 2.24) is 0 Å². The SMILES string of the molecule is O=C1Nc2ccccc2C1=CNc1ccc(N2CCOCC2)c(C(=O)O)c1.